The molecule has 158 valence electrons. The SMILES string of the molecule is Cc1ccnc(CC(=O)[C@@H]2CCNN2C(=O)[C@H](CC2CCCC2)CN(O)C=O)c1. The number of hydroxylamine groups is 2. The van der Waals surface area contributed by atoms with Crippen molar-refractivity contribution >= 4 is 18.1 Å². The van der Waals surface area contributed by atoms with Crippen LogP contribution >= 0.6 is 0 Å². The summed E-state index contributed by atoms with van der Waals surface area (Å²) in [6.07, 6.45) is 7.75. The van der Waals surface area contributed by atoms with Gasteiger partial charge in [0.2, 0.25) is 12.3 Å². The Morgan fingerprint density at radius 1 is 1.38 bits per heavy atom. The van der Waals surface area contributed by atoms with E-state index in [-0.39, 0.29) is 24.7 Å². The van der Waals surface area contributed by atoms with Crippen LogP contribution < -0.4 is 5.43 Å². The summed E-state index contributed by atoms with van der Waals surface area (Å²) in [5.41, 5.74) is 4.76. The van der Waals surface area contributed by atoms with Gasteiger partial charge < -0.3 is 0 Å². The molecule has 0 aromatic carbocycles. The second kappa shape index (κ2) is 9.93. The molecule has 1 aliphatic carbocycles. The van der Waals surface area contributed by atoms with E-state index in [9.17, 15) is 19.6 Å². The standard InChI is InChI=1S/C21H30N4O4/c1-15-6-8-22-18(10-15)12-20(27)19-7-9-23-25(19)21(28)17(13-24(29)14-26)11-16-4-2-3-5-16/h6,8,10,14,16-17,19,23,29H,2-5,7,9,11-13H2,1H3/t17-,19+/m1/s1. The van der Waals surface area contributed by atoms with Crippen LogP contribution in [0.25, 0.3) is 0 Å². The van der Waals surface area contributed by atoms with Gasteiger partial charge >= 0.3 is 0 Å². The second-order valence-electron chi connectivity index (χ2n) is 8.20. The topological polar surface area (TPSA) is 103 Å². The Hall–Kier alpha value is -2.32. The van der Waals surface area contributed by atoms with Gasteiger partial charge in [-0.3, -0.25) is 29.6 Å². The van der Waals surface area contributed by atoms with Crippen LogP contribution in [-0.4, -0.2) is 57.5 Å². The number of carbonyl (C=O) groups is 3. The van der Waals surface area contributed by atoms with Crippen molar-refractivity contribution in [2.75, 3.05) is 13.1 Å². The van der Waals surface area contributed by atoms with Crippen molar-refractivity contribution in [3.8, 4) is 0 Å². The van der Waals surface area contributed by atoms with Crippen LogP contribution in [0.4, 0.5) is 0 Å². The average Bonchev–Trinajstić information content (AvgIpc) is 3.38. The van der Waals surface area contributed by atoms with E-state index in [1.165, 1.54) is 5.01 Å². The Labute approximate surface area is 171 Å². The third-order valence-corrected chi connectivity index (χ3v) is 5.92. The minimum Gasteiger partial charge on any atom is -0.297 e. The highest BCUT2D eigenvalue weighted by Crippen LogP contribution is 2.31. The lowest BCUT2D eigenvalue weighted by atomic mass is 9.91. The molecule has 2 fully saturated rings. The number of aromatic nitrogens is 1. The molecule has 1 aromatic heterocycles. The maximum Gasteiger partial charge on any atom is 0.242 e. The summed E-state index contributed by atoms with van der Waals surface area (Å²) in [6, 6.07) is 3.20. The highest BCUT2D eigenvalue weighted by molar-refractivity contribution is 5.91. The summed E-state index contributed by atoms with van der Waals surface area (Å²) in [7, 11) is 0. The fourth-order valence-corrected chi connectivity index (χ4v) is 4.46. The lowest BCUT2D eigenvalue weighted by Gasteiger charge is -2.29. The highest BCUT2D eigenvalue weighted by Gasteiger charge is 2.38. The molecule has 29 heavy (non-hydrogen) atoms. The van der Waals surface area contributed by atoms with E-state index >= 15 is 0 Å². The van der Waals surface area contributed by atoms with E-state index in [0.29, 0.717) is 42.5 Å². The van der Waals surface area contributed by atoms with E-state index in [1.807, 2.05) is 19.1 Å². The summed E-state index contributed by atoms with van der Waals surface area (Å²) in [6.45, 7) is 2.43. The number of Topliss-reactive ketones (excluding diaryl/α,β-unsaturated/α-hetero) is 1. The zero-order valence-corrected chi connectivity index (χ0v) is 16.9. The maximum absolute atomic E-state index is 13.2. The predicted molar refractivity (Wildman–Crippen MR) is 106 cm³/mol. The molecule has 8 nitrogen and oxygen atoms in total. The van der Waals surface area contributed by atoms with Crippen LogP contribution in [0.1, 0.15) is 49.8 Å². The second-order valence-corrected chi connectivity index (χ2v) is 8.20. The molecular formula is C21H30N4O4. The van der Waals surface area contributed by atoms with Gasteiger partial charge in [0.25, 0.3) is 0 Å². The van der Waals surface area contributed by atoms with Crippen LogP contribution in [0.2, 0.25) is 0 Å². The van der Waals surface area contributed by atoms with E-state index in [1.54, 1.807) is 6.20 Å². The predicted octanol–water partition coefficient (Wildman–Crippen LogP) is 1.65. The first-order valence-corrected chi connectivity index (χ1v) is 10.4. The fraction of sp³-hybridized carbons (Fsp3) is 0.619. The van der Waals surface area contributed by atoms with Gasteiger partial charge in [0.05, 0.1) is 18.9 Å². The summed E-state index contributed by atoms with van der Waals surface area (Å²) < 4.78 is 0. The van der Waals surface area contributed by atoms with Gasteiger partial charge in [0.15, 0.2) is 5.78 Å². The van der Waals surface area contributed by atoms with Crippen molar-refractivity contribution < 1.29 is 19.6 Å². The maximum atomic E-state index is 13.2. The molecule has 8 heteroatoms. The van der Waals surface area contributed by atoms with E-state index in [4.69, 9.17) is 0 Å². The number of carbonyl (C=O) groups excluding carboxylic acids is 3. The number of hydrazine groups is 1. The van der Waals surface area contributed by atoms with E-state index in [2.05, 4.69) is 10.4 Å². The Bertz CT molecular complexity index is 735. The molecule has 1 saturated carbocycles. The number of hydrogen-bond donors (Lipinski definition) is 2. The van der Waals surface area contributed by atoms with Crippen molar-refractivity contribution in [2.24, 2.45) is 11.8 Å². The lowest BCUT2D eigenvalue weighted by Crippen LogP contribution is -2.51. The summed E-state index contributed by atoms with van der Waals surface area (Å²) >= 11 is 0. The zero-order chi connectivity index (χ0) is 20.8. The molecule has 2 amide bonds. The van der Waals surface area contributed by atoms with Crippen molar-refractivity contribution in [1.29, 1.82) is 0 Å². The van der Waals surface area contributed by atoms with Gasteiger partial charge in [-0.1, -0.05) is 25.7 Å². The number of pyridine rings is 1. The van der Waals surface area contributed by atoms with Crippen LogP contribution in [0, 0.1) is 18.8 Å². The van der Waals surface area contributed by atoms with Crippen LogP contribution in [0.15, 0.2) is 18.3 Å². The fourth-order valence-electron chi connectivity index (χ4n) is 4.46. The molecule has 2 heterocycles. The van der Waals surface area contributed by atoms with Crippen LogP contribution in [-0.2, 0) is 20.8 Å². The molecule has 0 bridgehead atoms. The van der Waals surface area contributed by atoms with Crippen molar-refractivity contribution in [2.45, 2.75) is 57.9 Å². The van der Waals surface area contributed by atoms with E-state index in [0.717, 1.165) is 31.2 Å². The van der Waals surface area contributed by atoms with Crippen LogP contribution in [0.3, 0.4) is 0 Å². The summed E-state index contributed by atoms with van der Waals surface area (Å²) in [4.78, 5) is 41.3. The molecule has 1 aromatic rings. The van der Waals surface area contributed by atoms with Gasteiger partial charge in [0.1, 0.15) is 6.04 Å². The Balaban J connectivity index is 1.69. The first-order valence-electron chi connectivity index (χ1n) is 10.4. The molecule has 1 aliphatic heterocycles. The minimum absolute atomic E-state index is 0.0580. The molecule has 0 radical (unpaired) electrons. The van der Waals surface area contributed by atoms with Crippen LogP contribution in [0.5, 0.6) is 0 Å². The monoisotopic (exact) mass is 402 g/mol. The molecule has 2 aliphatic rings. The molecule has 2 atom stereocenters. The third kappa shape index (κ3) is 5.61. The summed E-state index contributed by atoms with van der Waals surface area (Å²) in [5.74, 6) is -0.410. The molecule has 3 rings (SSSR count). The van der Waals surface area contributed by atoms with Gasteiger partial charge in [-0.15, -0.1) is 0 Å². The van der Waals surface area contributed by atoms with Gasteiger partial charge in [0, 0.05) is 18.4 Å². The first-order chi connectivity index (χ1) is 14.0. The number of nitrogens with zero attached hydrogens (tertiary/aromatic N) is 3. The normalized spacial score (nSPS) is 20.6. The van der Waals surface area contributed by atoms with Crippen molar-refractivity contribution in [3.05, 3.63) is 29.6 Å². The zero-order valence-electron chi connectivity index (χ0n) is 16.9. The number of aryl methyl sites for hydroxylation is 1. The Morgan fingerprint density at radius 2 is 2.14 bits per heavy atom. The number of ketones is 1. The number of rotatable bonds is 9. The quantitative estimate of drug-likeness (QED) is 0.370. The van der Waals surface area contributed by atoms with Gasteiger partial charge in [-0.2, -0.15) is 0 Å². The molecule has 1 saturated heterocycles. The van der Waals surface area contributed by atoms with Gasteiger partial charge in [-0.05, 0) is 43.4 Å². The Morgan fingerprint density at radius 3 is 2.83 bits per heavy atom. The first kappa shape index (κ1) is 21.4. The molecule has 0 unspecified atom stereocenters. The van der Waals surface area contributed by atoms with Crippen molar-refractivity contribution in [1.82, 2.24) is 20.5 Å². The van der Waals surface area contributed by atoms with E-state index < -0.39 is 12.0 Å². The van der Waals surface area contributed by atoms with Gasteiger partial charge in [-0.25, -0.2) is 10.5 Å². The lowest BCUT2D eigenvalue weighted by molar-refractivity contribution is -0.159. The Kier molecular flexibility index (Phi) is 7.33. The van der Waals surface area contributed by atoms with Crippen molar-refractivity contribution in [3.63, 3.8) is 0 Å². The smallest absolute Gasteiger partial charge is 0.242 e. The molecule has 0 spiro atoms. The molecular weight excluding hydrogens is 372 g/mol. The number of hydrogen-bond acceptors (Lipinski definition) is 6. The third-order valence-electron chi connectivity index (χ3n) is 5.92. The highest BCUT2D eigenvalue weighted by atomic mass is 16.5. The molecule has 2 N–H and O–H groups in total. The largest absolute Gasteiger partial charge is 0.297 e. The number of nitrogens with one attached hydrogen (secondary N) is 1. The number of amides is 2. The average molecular weight is 402 g/mol. The summed E-state index contributed by atoms with van der Waals surface area (Å²) in [5, 5.41) is 11.6. The minimum atomic E-state index is -0.556.